The lowest BCUT2D eigenvalue weighted by Crippen LogP contribution is -2.49. The summed E-state index contributed by atoms with van der Waals surface area (Å²) in [6, 6.07) is 6.39. The molecule has 1 saturated carbocycles. The van der Waals surface area contributed by atoms with Crippen LogP contribution in [0.15, 0.2) is 24.4 Å². The maximum absolute atomic E-state index is 13.4. The molecule has 2 atom stereocenters. The molecular weight excluding hydrogens is 471 g/mol. The van der Waals surface area contributed by atoms with Gasteiger partial charge < -0.3 is 9.47 Å². The van der Waals surface area contributed by atoms with Gasteiger partial charge in [-0.2, -0.15) is 18.3 Å². The molecule has 5 rings (SSSR count). The molecule has 0 amide bonds. The molecule has 2 aliphatic heterocycles. The molecule has 196 valence electrons. The maximum Gasteiger partial charge on any atom is 0.435 e. The number of hydrogen-bond donors (Lipinski definition) is 0. The van der Waals surface area contributed by atoms with E-state index in [1.807, 2.05) is 6.92 Å². The number of benzene rings is 1. The largest absolute Gasteiger partial charge is 0.487 e. The number of ether oxygens (including phenoxy) is 2. The van der Waals surface area contributed by atoms with Gasteiger partial charge in [-0.1, -0.05) is 19.1 Å². The van der Waals surface area contributed by atoms with Crippen LogP contribution in [0, 0.1) is 11.8 Å². The van der Waals surface area contributed by atoms with Gasteiger partial charge in [-0.3, -0.25) is 14.4 Å². The number of aromatic nitrogens is 2. The molecule has 6 nitrogen and oxygen atoms in total. The molecular formula is C27H34F3N3O3. The van der Waals surface area contributed by atoms with E-state index in [4.69, 9.17) is 9.47 Å². The Labute approximate surface area is 209 Å². The second-order valence-corrected chi connectivity index (χ2v) is 10.8. The Morgan fingerprint density at radius 1 is 1.25 bits per heavy atom. The smallest absolute Gasteiger partial charge is 0.435 e. The van der Waals surface area contributed by atoms with E-state index in [1.54, 1.807) is 0 Å². The SMILES string of the molecule is COC(=O)[C@H](C)[C@H](c1ccc2c(c1)OC1(CC2)CCN(Cc2cn(C)nc2C(F)(F)F)CC1)C1CC1. The maximum atomic E-state index is 13.4. The molecule has 1 saturated heterocycles. The minimum absolute atomic E-state index is 0.119. The number of likely N-dealkylation sites (tertiary alicyclic amines) is 1. The summed E-state index contributed by atoms with van der Waals surface area (Å²) in [5, 5.41) is 3.63. The van der Waals surface area contributed by atoms with Gasteiger partial charge in [0.15, 0.2) is 5.69 Å². The van der Waals surface area contributed by atoms with Crippen molar-refractivity contribution < 1.29 is 27.4 Å². The molecule has 0 radical (unpaired) electrons. The summed E-state index contributed by atoms with van der Waals surface area (Å²) >= 11 is 0. The fourth-order valence-electron chi connectivity index (χ4n) is 6.09. The van der Waals surface area contributed by atoms with Crippen molar-refractivity contribution in [2.75, 3.05) is 20.2 Å². The normalized spacial score (nSPS) is 21.5. The van der Waals surface area contributed by atoms with E-state index in [0.29, 0.717) is 19.0 Å². The molecule has 2 aromatic rings. The van der Waals surface area contributed by atoms with Crippen LogP contribution in [0.3, 0.4) is 0 Å². The lowest BCUT2D eigenvalue weighted by Gasteiger charge is -2.45. The van der Waals surface area contributed by atoms with Crippen LogP contribution in [0.1, 0.15) is 67.3 Å². The lowest BCUT2D eigenvalue weighted by atomic mass is 9.80. The molecule has 1 aliphatic carbocycles. The molecule has 1 aromatic heterocycles. The van der Waals surface area contributed by atoms with Crippen molar-refractivity contribution in [2.24, 2.45) is 18.9 Å². The van der Waals surface area contributed by atoms with Crippen LogP contribution in [-0.2, 0) is 35.7 Å². The monoisotopic (exact) mass is 505 g/mol. The van der Waals surface area contributed by atoms with Gasteiger partial charge in [0.2, 0.25) is 0 Å². The van der Waals surface area contributed by atoms with Crippen molar-refractivity contribution in [1.82, 2.24) is 14.7 Å². The molecule has 0 N–H and O–H groups in total. The summed E-state index contributed by atoms with van der Waals surface area (Å²) in [7, 11) is 2.96. The van der Waals surface area contributed by atoms with Gasteiger partial charge in [0.05, 0.1) is 13.0 Å². The highest BCUT2D eigenvalue weighted by Gasteiger charge is 2.43. The van der Waals surface area contributed by atoms with Gasteiger partial charge in [-0.05, 0) is 67.6 Å². The number of hydrogen-bond acceptors (Lipinski definition) is 5. The number of fused-ring (bicyclic) bond motifs is 1. The third kappa shape index (κ3) is 4.99. The summed E-state index contributed by atoms with van der Waals surface area (Å²) < 4.78 is 53.0. The van der Waals surface area contributed by atoms with Crippen LogP contribution in [-0.4, -0.2) is 46.5 Å². The van der Waals surface area contributed by atoms with Crippen LogP contribution in [0.4, 0.5) is 13.2 Å². The minimum Gasteiger partial charge on any atom is -0.487 e. The van der Waals surface area contributed by atoms with E-state index in [0.717, 1.165) is 49.8 Å². The van der Waals surface area contributed by atoms with Crippen LogP contribution < -0.4 is 4.74 Å². The second kappa shape index (κ2) is 9.39. The Hall–Kier alpha value is -2.55. The number of nitrogens with zero attached hydrogens (tertiary/aromatic N) is 3. The third-order valence-electron chi connectivity index (χ3n) is 8.23. The van der Waals surface area contributed by atoms with Crippen molar-refractivity contribution >= 4 is 5.97 Å². The zero-order valence-corrected chi connectivity index (χ0v) is 21.1. The Bertz CT molecular complexity index is 1120. The number of piperidine rings is 1. The zero-order chi connectivity index (χ0) is 25.7. The highest BCUT2D eigenvalue weighted by atomic mass is 19.4. The van der Waals surface area contributed by atoms with E-state index in [2.05, 4.69) is 28.2 Å². The highest BCUT2D eigenvalue weighted by Crippen LogP contribution is 2.49. The minimum atomic E-state index is -4.45. The molecule has 3 heterocycles. The van der Waals surface area contributed by atoms with Crippen molar-refractivity contribution in [2.45, 2.75) is 69.7 Å². The van der Waals surface area contributed by atoms with Crippen molar-refractivity contribution in [3.8, 4) is 5.75 Å². The van der Waals surface area contributed by atoms with Gasteiger partial charge in [0.25, 0.3) is 0 Å². The van der Waals surface area contributed by atoms with Crippen molar-refractivity contribution in [1.29, 1.82) is 0 Å². The number of carbonyl (C=O) groups is 1. The molecule has 3 aliphatic rings. The predicted octanol–water partition coefficient (Wildman–Crippen LogP) is 5.10. The van der Waals surface area contributed by atoms with Gasteiger partial charge in [0, 0.05) is 38.4 Å². The van der Waals surface area contributed by atoms with E-state index < -0.39 is 11.9 Å². The molecule has 0 bridgehead atoms. The Kier molecular flexibility index (Phi) is 6.55. The van der Waals surface area contributed by atoms with Crippen LogP contribution in [0.5, 0.6) is 5.75 Å². The molecule has 36 heavy (non-hydrogen) atoms. The summed E-state index contributed by atoms with van der Waals surface area (Å²) in [5.41, 5.74) is 1.42. The predicted molar refractivity (Wildman–Crippen MR) is 127 cm³/mol. The Morgan fingerprint density at radius 2 is 1.97 bits per heavy atom. The van der Waals surface area contributed by atoms with Crippen LogP contribution >= 0.6 is 0 Å². The number of aryl methyl sites for hydroxylation is 2. The summed E-state index contributed by atoms with van der Waals surface area (Å²) in [6.07, 6.45) is 2.60. The van der Waals surface area contributed by atoms with Crippen molar-refractivity contribution in [3.63, 3.8) is 0 Å². The van der Waals surface area contributed by atoms with Gasteiger partial charge in [0.1, 0.15) is 11.4 Å². The van der Waals surface area contributed by atoms with Crippen molar-refractivity contribution in [3.05, 3.63) is 46.8 Å². The van der Waals surface area contributed by atoms with Crippen LogP contribution in [0.2, 0.25) is 0 Å². The molecule has 2 fully saturated rings. The first-order valence-corrected chi connectivity index (χ1v) is 12.8. The number of methoxy groups -OCH3 is 1. The van der Waals surface area contributed by atoms with E-state index >= 15 is 0 Å². The van der Waals surface area contributed by atoms with E-state index in [1.165, 1.54) is 30.6 Å². The summed E-state index contributed by atoms with van der Waals surface area (Å²) in [5.74, 6) is 1.11. The molecule has 1 aromatic carbocycles. The van der Waals surface area contributed by atoms with E-state index in [-0.39, 0.29) is 35.5 Å². The zero-order valence-electron chi connectivity index (χ0n) is 21.1. The first-order chi connectivity index (χ1) is 17.1. The lowest BCUT2D eigenvalue weighted by molar-refractivity contribution is -0.146. The van der Waals surface area contributed by atoms with Crippen LogP contribution in [0.25, 0.3) is 0 Å². The number of carbonyl (C=O) groups excluding carboxylic acids is 1. The molecule has 1 spiro atoms. The average Bonchev–Trinajstić information content (AvgIpc) is 3.60. The van der Waals surface area contributed by atoms with Gasteiger partial charge >= 0.3 is 12.1 Å². The topological polar surface area (TPSA) is 56.6 Å². The molecule has 0 unspecified atom stereocenters. The standard InChI is InChI=1S/C27H34F3N3O3/c1-17(25(34)35-3)23(19-5-6-19)20-7-4-18-8-9-26(36-22(18)14-20)10-12-33(13-11-26)16-21-15-32(2)31-24(21)27(28,29)30/h4,7,14-15,17,19,23H,5-6,8-13,16H2,1-3H3/t17-,23+/m1/s1. The fraction of sp³-hybridized carbons (Fsp3) is 0.630. The highest BCUT2D eigenvalue weighted by molar-refractivity contribution is 5.73. The number of halogens is 3. The Morgan fingerprint density at radius 3 is 2.61 bits per heavy atom. The van der Waals surface area contributed by atoms with Gasteiger partial charge in [-0.15, -0.1) is 0 Å². The summed E-state index contributed by atoms with van der Waals surface area (Å²) in [4.78, 5) is 14.4. The third-order valence-corrected chi connectivity index (χ3v) is 8.23. The van der Waals surface area contributed by atoms with E-state index in [9.17, 15) is 18.0 Å². The number of esters is 1. The summed E-state index contributed by atoms with van der Waals surface area (Å²) in [6.45, 7) is 3.52. The fourth-order valence-corrected chi connectivity index (χ4v) is 6.09. The second-order valence-electron chi connectivity index (χ2n) is 10.8. The number of alkyl halides is 3. The number of rotatable bonds is 6. The van der Waals surface area contributed by atoms with Gasteiger partial charge in [-0.25, -0.2) is 0 Å². The quantitative estimate of drug-likeness (QED) is 0.512. The first-order valence-electron chi connectivity index (χ1n) is 12.8. The first kappa shape index (κ1) is 25.1. The Balaban J connectivity index is 1.28. The average molecular weight is 506 g/mol. The molecule has 9 heteroatoms.